The van der Waals surface area contributed by atoms with E-state index in [1.54, 1.807) is 14.0 Å². The van der Waals surface area contributed by atoms with E-state index < -0.39 is 29.5 Å². The zero-order valence-electron chi connectivity index (χ0n) is 16.9. The van der Waals surface area contributed by atoms with Crippen LogP contribution in [0.5, 0.6) is 0 Å². The molecule has 8 nitrogen and oxygen atoms in total. The number of ether oxygens (including phenoxy) is 1. The van der Waals surface area contributed by atoms with Crippen LogP contribution in [0.2, 0.25) is 0 Å². The van der Waals surface area contributed by atoms with Crippen molar-refractivity contribution in [2.45, 2.75) is 44.4 Å². The first-order chi connectivity index (χ1) is 13.9. The number of carbonyl (C=O) groups excluding carboxylic acids is 3. The average Bonchev–Trinajstić information content (AvgIpc) is 3.28. The Hall–Kier alpha value is -2.29. The second-order valence-corrected chi connectivity index (χ2v) is 8.04. The Morgan fingerprint density at radius 1 is 1.28 bits per heavy atom. The number of aliphatic hydroxyl groups excluding tert-OH is 1. The summed E-state index contributed by atoms with van der Waals surface area (Å²) in [5, 5.41) is 16.5. The van der Waals surface area contributed by atoms with Gasteiger partial charge in [0.05, 0.1) is 17.9 Å². The van der Waals surface area contributed by atoms with Gasteiger partial charge in [0.25, 0.3) is 0 Å². The van der Waals surface area contributed by atoms with E-state index in [0.717, 1.165) is 12.0 Å². The number of nitrogens with one attached hydrogen (secondary N) is 2. The number of fused-ring (bicyclic) bond motifs is 4. The Morgan fingerprint density at radius 3 is 2.69 bits per heavy atom. The number of hydrogen-bond acceptors (Lipinski definition) is 6. The van der Waals surface area contributed by atoms with E-state index in [1.165, 1.54) is 4.90 Å². The first-order valence-corrected chi connectivity index (χ1v) is 10.1. The predicted octanol–water partition coefficient (Wildman–Crippen LogP) is 0.387. The lowest BCUT2D eigenvalue weighted by Gasteiger charge is -2.30. The molecule has 1 aromatic rings. The lowest BCUT2D eigenvalue weighted by Crippen LogP contribution is -2.54. The molecule has 4 rings (SSSR count). The Labute approximate surface area is 169 Å². The number of amides is 3. The summed E-state index contributed by atoms with van der Waals surface area (Å²) >= 11 is 0. The molecule has 1 spiro atoms. The van der Waals surface area contributed by atoms with Gasteiger partial charge >= 0.3 is 0 Å². The van der Waals surface area contributed by atoms with Gasteiger partial charge in [-0.2, -0.15) is 0 Å². The van der Waals surface area contributed by atoms with Crippen molar-refractivity contribution in [2.75, 3.05) is 25.6 Å². The molecule has 156 valence electrons. The van der Waals surface area contributed by atoms with E-state index in [2.05, 4.69) is 10.6 Å². The van der Waals surface area contributed by atoms with Crippen molar-refractivity contribution >= 4 is 23.4 Å². The van der Waals surface area contributed by atoms with Gasteiger partial charge in [0.15, 0.2) is 0 Å². The summed E-state index contributed by atoms with van der Waals surface area (Å²) in [4.78, 5) is 41.1. The molecule has 2 fully saturated rings. The fraction of sp³-hybridized carbons (Fsp3) is 0.571. The molecular weight excluding hydrogens is 374 g/mol. The fourth-order valence-electron chi connectivity index (χ4n) is 5.18. The molecule has 8 heteroatoms. The van der Waals surface area contributed by atoms with Crippen molar-refractivity contribution in [3.63, 3.8) is 0 Å². The van der Waals surface area contributed by atoms with Crippen LogP contribution in [0.1, 0.15) is 31.4 Å². The van der Waals surface area contributed by atoms with Crippen LogP contribution in [-0.4, -0.2) is 60.1 Å². The highest BCUT2D eigenvalue weighted by Gasteiger charge is 2.71. The summed E-state index contributed by atoms with van der Waals surface area (Å²) in [5.74, 6) is -2.71. The standard InChI is InChI=1S/C21H27N3O5/c1-4-12-7-5-8-13-17(12)22-20(28)21(13)15-14(16(23-21)11(2)25)18(26)24(19(15)27)9-6-10-29-3/h5,7-8,11,14-16,23,25H,4,6,9-10H2,1-3H3,(H,22,28)/t11-,14-,15-,16+,21+/m0/s1. The quantitative estimate of drug-likeness (QED) is 0.470. The van der Waals surface area contributed by atoms with Gasteiger partial charge in [0.2, 0.25) is 17.7 Å². The van der Waals surface area contributed by atoms with Crippen LogP contribution in [0.3, 0.4) is 0 Å². The molecule has 29 heavy (non-hydrogen) atoms. The van der Waals surface area contributed by atoms with E-state index in [-0.39, 0.29) is 24.3 Å². The van der Waals surface area contributed by atoms with Gasteiger partial charge < -0.3 is 15.2 Å². The fourth-order valence-corrected chi connectivity index (χ4v) is 5.18. The third kappa shape index (κ3) is 2.66. The van der Waals surface area contributed by atoms with Crippen LogP contribution in [0, 0.1) is 11.8 Å². The van der Waals surface area contributed by atoms with Crippen molar-refractivity contribution in [3.05, 3.63) is 29.3 Å². The van der Waals surface area contributed by atoms with Gasteiger partial charge in [0, 0.05) is 37.6 Å². The number of aliphatic hydroxyl groups is 1. The van der Waals surface area contributed by atoms with Crippen molar-refractivity contribution in [1.82, 2.24) is 10.2 Å². The number of hydrogen-bond donors (Lipinski definition) is 3. The maximum Gasteiger partial charge on any atom is 0.250 e. The van der Waals surface area contributed by atoms with Gasteiger partial charge in [-0.15, -0.1) is 0 Å². The molecule has 3 heterocycles. The smallest absolute Gasteiger partial charge is 0.250 e. The Bertz CT molecular complexity index is 870. The Balaban J connectivity index is 1.82. The molecule has 0 bridgehead atoms. The molecule has 0 radical (unpaired) electrons. The average molecular weight is 401 g/mol. The monoisotopic (exact) mass is 401 g/mol. The first-order valence-electron chi connectivity index (χ1n) is 10.1. The highest BCUT2D eigenvalue weighted by molar-refractivity contribution is 6.15. The number of carbonyl (C=O) groups is 3. The third-order valence-electron chi connectivity index (χ3n) is 6.49. The molecule has 3 aliphatic rings. The number of methoxy groups -OCH3 is 1. The minimum absolute atomic E-state index is 0.241. The number of likely N-dealkylation sites (tertiary alicyclic amines) is 1. The number of aryl methyl sites for hydroxylation is 1. The lowest BCUT2D eigenvalue weighted by atomic mass is 9.76. The van der Waals surface area contributed by atoms with E-state index in [1.807, 2.05) is 25.1 Å². The van der Waals surface area contributed by atoms with Crippen LogP contribution in [0.4, 0.5) is 5.69 Å². The van der Waals surface area contributed by atoms with Gasteiger partial charge in [0.1, 0.15) is 5.54 Å². The number of anilines is 1. The molecule has 0 unspecified atom stereocenters. The molecule has 0 aromatic heterocycles. The normalized spacial score (nSPS) is 31.4. The number of benzene rings is 1. The minimum atomic E-state index is -1.35. The Kier molecular flexibility index (Phi) is 4.96. The first kappa shape index (κ1) is 20.0. The molecule has 0 aliphatic carbocycles. The van der Waals surface area contributed by atoms with Crippen molar-refractivity contribution in [2.24, 2.45) is 11.8 Å². The molecular formula is C21H27N3O5. The summed E-state index contributed by atoms with van der Waals surface area (Å²) < 4.78 is 5.04. The molecule has 3 N–H and O–H groups in total. The van der Waals surface area contributed by atoms with Crippen LogP contribution in [-0.2, 0) is 31.1 Å². The second-order valence-electron chi connectivity index (χ2n) is 8.04. The summed E-state index contributed by atoms with van der Waals surface area (Å²) in [7, 11) is 1.57. The third-order valence-corrected chi connectivity index (χ3v) is 6.49. The summed E-state index contributed by atoms with van der Waals surface area (Å²) in [6.07, 6.45) is 0.350. The zero-order valence-corrected chi connectivity index (χ0v) is 16.9. The molecule has 5 atom stereocenters. The minimum Gasteiger partial charge on any atom is -0.392 e. The van der Waals surface area contributed by atoms with Gasteiger partial charge in [-0.3, -0.25) is 24.6 Å². The van der Waals surface area contributed by atoms with Crippen molar-refractivity contribution in [1.29, 1.82) is 0 Å². The van der Waals surface area contributed by atoms with Crippen molar-refractivity contribution in [3.8, 4) is 0 Å². The maximum atomic E-state index is 13.4. The summed E-state index contributed by atoms with van der Waals surface area (Å²) in [6, 6.07) is 4.94. The lowest BCUT2D eigenvalue weighted by molar-refractivity contribution is -0.143. The topological polar surface area (TPSA) is 108 Å². The summed E-state index contributed by atoms with van der Waals surface area (Å²) in [5.41, 5.74) is 1.01. The highest BCUT2D eigenvalue weighted by atomic mass is 16.5. The largest absolute Gasteiger partial charge is 0.392 e. The van der Waals surface area contributed by atoms with E-state index >= 15 is 0 Å². The zero-order chi connectivity index (χ0) is 20.9. The Morgan fingerprint density at radius 2 is 2.03 bits per heavy atom. The molecule has 3 amide bonds. The number of para-hydroxylation sites is 1. The second kappa shape index (κ2) is 7.19. The van der Waals surface area contributed by atoms with Crippen LogP contribution in [0.15, 0.2) is 18.2 Å². The maximum absolute atomic E-state index is 13.4. The number of nitrogens with zero attached hydrogens (tertiary/aromatic N) is 1. The number of imide groups is 1. The SMILES string of the molecule is CCc1cccc2c1NC(=O)[C@@]21N[C@H]([C@H](C)O)[C@H]2C(=O)N(CCCOC)C(=O)[C@H]21. The van der Waals surface area contributed by atoms with Crippen LogP contribution < -0.4 is 10.6 Å². The van der Waals surface area contributed by atoms with E-state index in [4.69, 9.17) is 4.74 Å². The van der Waals surface area contributed by atoms with Gasteiger partial charge in [-0.1, -0.05) is 25.1 Å². The van der Waals surface area contributed by atoms with Gasteiger partial charge in [-0.05, 0) is 25.3 Å². The molecule has 2 saturated heterocycles. The van der Waals surface area contributed by atoms with Crippen LogP contribution in [0.25, 0.3) is 0 Å². The van der Waals surface area contributed by atoms with Crippen molar-refractivity contribution < 1.29 is 24.2 Å². The highest BCUT2D eigenvalue weighted by Crippen LogP contribution is 2.53. The molecule has 3 aliphatic heterocycles. The van der Waals surface area contributed by atoms with Gasteiger partial charge in [-0.25, -0.2) is 0 Å². The molecule has 1 aromatic carbocycles. The molecule has 0 saturated carbocycles. The van der Waals surface area contributed by atoms with Crippen LogP contribution >= 0.6 is 0 Å². The summed E-state index contributed by atoms with van der Waals surface area (Å²) in [6.45, 7) is 4.25. The van der Waals surface area contributed by atoms with E-state index in [9.17, 15) is 19.5 Å². The predicted molar refractivity (Wildman–Crippen MR) is 105 cm³/mol. The van der Waals surface area contributed by atoms with E-state index in [0.29, 0.717) is 24.3 Å². The number of rotatable bonds is 6.